The molecule has 2 heterocycles. The molecule has 0 aliphatic carbocycles. The van der Waals surface area contributed by atoms with Gasteiger partial charge in [-0.15, -0.1) is 0 Å². The van der Waals surface area contributed by atoms with E-state index in [1.54, 1.807) is 30.5 Å². The summed E-state index contributed by atoms with van der Waals surface area (Å²) in [7, 11) is 1.10. The Kier molecular flexibility index (Phi) is 3.59. The van der Waals surface area contributed by atoms with E-state index < -0.39 is 11.9 Å². The molecule has 0 N–H and O–H groups in total. The van der Waals surface area contributed by atoms with E-state index in [0.29, 0.717) is 11.4 Å². The zero-order valence-electron chi connectivity index (χ0n) is 10.0. The molecule has 2 aromatic rings. The Morgan fingerprint density at radius 3 is 2.37 bits per heavy atom. The standard InChI is InChI=1S/C13H10F3N3/c1-17-12(13(14,15)16)11-7-4-6-10(19-11)9-5-2-3-8-18-9/h2-8H,1H3. The highest BCUT2D eigenvalue weighted by Crippen LogP contribution is 2.23. The number of hydrogen-bond acceptors (Lipinski definition) is 3. The van der Waals surface area contributed by atoms with Gasteiger partial charge in [0.15, 0.2) is 5.71 Å². The lowest BCUT2D eigenvalue weighted by Crippen LogP contribution is -2.25. The molecule has 0 atom stereocenters. The first-order valence-electron chi connectivity index (χ1n) is 5.45. The maximum absolute atomic E-state index is 12.8. The first-order chi connectivity index (χ1) is 9.02. The zero-order valence-corrected chi connectivity index (χ0v) is 10.0. The number of pyridine rings is 2. The third kappa shape index (κ3) is 2.96. The van der Waals surface area contributed by atoms with Crippen molar-refractivity contribution in [2.24, 2.45) is 4.99 Å². The van der Waals surface area contributed by atoms with Gasteiger partial charge in [-0.1, -0.05) is 12.1 Å². The minimum Gasteiger partial charge on any atom is -0.282 e. The minimum absolute atomic E-state index is 0.210. The summed E-state index contributed by atoms with van der Waals surface area (Å²) >= 11 is 0. The summed E-state index contributed by atoms with van der Waals surface area (Å²) in [6, 6.07) is 9.54. The Bertz CT molecular complexity index is 592. The summed E-state index contributed by atoms with van der Waals surface area (Å²) in [5.41, 5.74) is -0.311. The van der Waals surface area contributed by atoms with Crippen molar-refractivity contribution in [3.63, 3.8) is 0 Å². The molecule has 0 aliphatic rings. The van der Waals surface area contributed by atoms with E-state index in [2.05, 4.69) is 15.0 Å². The van der Waals surface area contributed by atoms with Crippen LogP contribution in [0.2, 0.25) is 0 Å². The van der Waals surface area contributed by atoms with Gasteiger partial charge in [0.25, 0.3) is 0 Å². The number of aromatic nitrogens is 2. The van der Waals surface area contributed by atoms with Gasteiger partial charge in [0.2, 0.25) is 0 Å². The molecule has 0 aliphatic heterocycles. The number of halogens is 3. The largest absolute Gasteiger partial charge is 0.435 e. The highest BCUT2D eigenvalue weighted by atomic mass is 19.4. The van der Waals surface area contributed by atoms with Crippen molar-refractivity contribution in [2.45, 2.75) is 6.18 Å². The van der Waals surface area contributed by atoms with Crippen LogP contribution in [0.3, 0.4) is 0 Å². The van der Waals surface area contributed by atoms with Crippen molar-refractivity contribution in [3.05, 3.63) is 48.3 Å². The van der Waals surface area contributed by atoms with E-state index in [1.807, 2.05) is 0 Å². The smallest absolute Gasteiger partial charge is 0.282 e. The Balaban J connectivity index is 2.46. The monoisotopic (exact) mass is 265 g/mol. The molecule has 0 unspecified atom stereocenters. The van der Waals surface area contributed by atoms with Crippen LogP contribution < -0.4 is 0 Å². The van der Waals surface area contributed by atoms with Crippen LogP contribution >= 0.6 is 0 Å². The molecule has 0 amide bonds. The Morgan fingerprint density at radius 2 is 1.79 bits per heavy atom. The molecule has 2 aromatic heterocycles. The van der Waals surface area contributed by atoms with Crippen LogP contribution in [0.5, 0.6) is 0 Å². The van der Waals surface area contributed by atoms with E-state index >= 15 is 0 Å². The van der Waals surface area contributed by atoms with Crippen LogP contribution in [0.15, 0.2) is 47.6 Å². The molecule has 0 spiro atoms. The first kappa shape index (κ1) is 13.2. The summed E-state index contributed by atoms with van der Waals surface area (Å²) in [6.07, 6.45) is -2.97. The van der Waals surface area contributed by atoms with Crippen molar-refractivity contribution in [2.75, 3.05) is 7.05 Å². The summed E-state index contributed by atoms with van der Waals surface area (Å²) < 4.78 is 38.3. The predicted octanol–water partition coefficient (Wildman–Crippen LogP) is 3.12. The fourth-order valence-electron chi connectivity index (χ4n) is 1.61. The van der Waals surface area contributed by atoms with E-state index in [0.717, 1.165) is 7.05 Å². The van der Waals surface area contributed by atoms with Gasteiger partial charge >= 0.3 is 6.18 Å². The Labute approximate surface area is 107 Å². The van der Waals surface area contributed by atoms with Crippen LogP contribution in [-0.2, 0) is 0 Å². The maximum atomic E-state index is 12.8. The molecular weight excluding hydrogens is 255 g/mol. The van der Waals surface area contributed by atoms with Crippen molar-refractivity contribution < 1.29 is 13.2 Å². The molecule has 0 saturated carbocycles. The second-order valence-corrected chi connectivity index (χ2v) is 3.69. The second kappa shape index (κ2) is 5.17. The van der Waals surface area contributed by atoms with Gasteiger partial charge in [-0.2, -0.15) is 13.2 Å². The highest BCUT2D eigenvalue weighted by Gasteiger charge is 2.37. The predicted molar refractivity (Wildman–Crippen MR) is 66.0 cm³/mol. The molecular formula is C13H10F3N3. The molecule has 0 saturated heterocycles. The van der Waals surface area contributed by atoms with Crippen molar-refractivity contribution in [1.82, 2.24) is 9.97 Å². The van der Waals surface area contributed by atoms with Crippen molar-refractivity contribution in [1.29, 1.82) is 0 Å². The number of aliphatic imine (C=N–C) groups is 1. The van der Waals surface area contributed by atoms with Gasteiger partial charge in [-0.05, 0) is 24.3 Å². The lowest BCUT2D eigenvalue weighted by Gasteiger charge is -2.10. The van der Waals surface area contributed by atoms with Gasteiger partial charge < -0.3 is 0 Å². The van der Waals surface area contributed by atoms with E-state index in [4.69, 9.17) is 0 Å². The van der Waals surface area contributed by atoms with Gasteiger partial charge in [0.05, 0.1) is 17.1 Å². The fraction of sp³-hybridized carbons (Fsp3) is 0.154. The Hall–Kier alpha value is -2.24. The number of alkyl halides is 3. The van der Waals surface area contributed by atoms with Gasteiger partial charge in [0, 0.05) is 13.2 Å². The first-order valence-corrected chi connectivity index (χ1v) is 5.45. The third-order valence-electron chi connectivity index (χ3n) is 2.41. The Morgan fingerprint density at radius 1 is 1.05 bits per heavy atom. The van der Waals surface area contributed by atoms with E-state index in [9.17, 15) is 13.2 Å². The zero-order chi connectivity index (χ0) is 13.9. The van der Waals surface area contributed by atoms with Crippen LogP contribution in [0, 0.1) is 0 Å². The lowest BCUT2D eigenvalue weighted by atomic mass is 10.2. The normalized spacial score (nSPS) is 12.5. The number of nitrogens with zero attached hydrogens (tertiary/aromatic N) is 3. The van der Waals surface area contributed by atoms with Crippen LogP contribution in [0.4, 0.5) is 13.2 Å². The molecule has 0 radical (unpaired) electrons. The maximum Gasteiger partial charge on any atom is 0.435 e. The molecule has 98 valence electrons. The molecule has 0 aromatic carbocycles. The number of hydrogen-bond donors (Lipinski definition) is 0. The second-order valence-electron chi connectivity index (χ2n) is 3.69. The van der Waals surface area contributed by atoms with Crippen LogP contribution in [0.1, 0.15) is 5.69 Å². The lowest BCUT2D eigenvalue weighted by molar-refractivity contribution is -0.0582. The SMILES string of the molecule is CN=C(c1cccc(-c2ccccn2)n1)C(F)(F)F. The van der Waals surface area contributed by atoms with Crippen molar-refractivity contribution in [3.8, 4) is 11.4 Å². The van der Waals surface area contributed by atoms with Gasteiger partial charge in [-0.25, -0.2) is 4.98 Å². The molecule has 3 nitrogen and oxygen atoms in total. The topological polar surface area (TPSA) is 38.1 Å². The molecule has 19 heavy (non-hydrogen) atoms. The number of rotatable bonds is 2. The van der Waals surface area contributed by atoms with Gasteiger partial charge in [-0.3, -0.25) is 9.98 Å². The molecule has 6 heteroatoms. The van der Waals surface area contributed by atoms with E-state index in [-0.39, 0.29) is 5.69 Å². The summed E-state index contributed by atoms with van der Waals surface area (Å²) in [6.45, 7) is 0. The fourth-order valence-corrected chi connectivity index (χ4v) is 1.61. The van der Waals surface area contributed by atoms with Crippen molar-refractivity contribution >= 4 is 5.71 Å². The molecule has 0 fully saturated rings. The highest BCUT2D eigenvalue weighted by molar-refractivity contribution is 6.03. The summed E-state index contributed by atoms with van der Waals surface area (Å²) in [5.74, 6) is 0. The van der Waals surface area contributed by atoms with Gasteiger partial charge in [0.1, 0.15) is 0 Å². The van der Waals surface area contributed by atoms with Crippen LogP contribution in [-0.4, -0.2) is 28.9 Å². The summed E-state index contributed by atoms with van der Waals surface area (Å²) in [5, 5.41) is 0. The molecule has 0 bridgehead atoms. The third-order valence-corrected chi connectivity index (χ3v) is 2.41. The summed E-state index contributed by atoms with van der Waals surface area (Å²) in [4.78, 5) is 11.3. The van der Waals surface area contributed by atoms with Crippen LogP contribution in [0.25, 0.3) is 11.4 Å². The quantitative estimate of drug-likeness (QED) is 0.782. The average Bonchev–Trinajstić information content (AvgIpc) is 2.39. The van der Waals surface area contributed by atoms with E-state index in [1.165, 1.54) is 12.1 Å². The molecule has 2 rings (SSSR count). The average molecular weight is 265 g/mol. The minimum atomic E-state index is -4.52.